The Morgan fingerprint density at radius 3 is 2.50 bits per heavy atom. The average molecular weight is 550 g/mol. The minimum Gasteiger partial charge on any atom is -0.338 e. The molecule has 1 heterocycles. The normalized spacial score (nSPS) is 12.8. The summed E-state index contributed by atoms with van der Waals surface area (Å²) < 4.78 is 35.1. The number of halogens is 1. The molecule has 2 aromatic carbocycles. The Morgan fingerprint density at radius 1 is 1.06 bits per heavy atom. The molecule has 0 bridgehead atoms. The fourth-order valence-electron chi connectivity index (χ4n) is 3.79. The van der Waals surface area contributed by atoms with Crippen molar-refractivity contribution in [3.63, 3.8) is 0 Å². The standard InChI is InChI=1S/C25H33BrN4O3S/c1-3-30(4-2)16-9-17-34(31,32)29-23(15-14-20-10-6-5-7-11-20)25-27-24(28-33-25)19-21-12-8-13-22(26)18-21/h5-8,10-13,18,23,29H,3-4,9,14-17,19H2,1-2H3/t23-/m1/s1. The highest BCUT2D eigenvalue weighted by Gasteiger charge is 2.25. The molecule has 0 unspecified atom stereocenters. The maximum Gasteiger partial charge on any atom is 0.244 e. The first kappa shape index (κ1) is 26.5. The van der Waals surface area contributed by atoms with Crippen molar-refractivity contribution in [2.24, 2.45) is 0 Å². The van der Waals surface area contributed by atoms with Crippen LogP contribution in [0, 0.1) is 0 Å². The molecule has 3 aromatic rings. The molecular weight excluding hydrogens is 516 g/mol. The van der Waals surface area contributed by atoms with E-state index in [1.807, 2.05) is 54.6 Å². The second kappa shape index (κ2) is 13.1. The van der Waals surface area contributed by atoms with Gasteiger partial charge in [0.05, 0.1) is 5.75 Å². The van der Waals surface area contributed by atoms with Crippen LogP contribution in [0.15, 0.2) is 63.6 Å². The quantitative estimate of drug-likeness (QED) is 0.312. The van der Waals surface area contributed by atoms with Crippen LogP contribution in [0.25, 0.3) is 0 Å². The van der Waals surface area contributed by atoms with E-state index in [1.165, 1.54) is 0 Å². The lowest BCUT2D eigenvalue weighted by Gasteiger charge is -2.19. The maximum atomic E-state index is 12.9. The predicted octanol–water partition coefficient (Wildman–Crippen LogP) is 4.75. The van der Waals surface area contributed by atoms with Gasteiger partial charge in [-0.1, -0.05) is 77.4 Å². The van der Waals surface area contributed by atoms with Crippen LogP contribution in [-0.2, 0) is 22.9 Å². The fourth-order valence-corrected chi connectivity index (χ4v) is 5.52. The fraction of sp³-hybridized carbons (Fsp3) is 0.440. The van der Waals surface area contributed by atoms with E-state index >= 15 is 0 Å². The lowest BCUT2D eigenvalue weighted by atomic mass is 10.1. The molecule has 0 saturated carbocycles. The third-order valence-corrected chi connectivity index (χ3v) is 7.66. The van der Waals surface area contributed by atoms with Crippen LogP contribution in [0.1, 0.15) is 55.6 Å². The van der Waals surface area contributed by atoms with Gasteiger partial charge in [-0.15, -0.1) is 0 Å². The molecule has 1 atom stereocenters. The zero-order valence-electron chi connectivity index (χ0n) is 19.8. The van der Waals surface area contributed by atoms with Crippen LogP contribution in [0.4, 0.5) is 0 Å². The Balaban J connectivity index is 1.71. The number of nitrogens with zero attached hydrogens (tertiary/aromatic N) is 3. The van der Waals surface area contributed by atoms with E-state index < -0.39 is 16.1 Å². The van der Waals surface area contributed by atoms with E-state index in [2.05, 4.69) is 49.5 Å². The number of hydrogen-bond donors (Lipinski definition) is 1. The summed E-state index contributed by atoms with van der Waals surface area (Å²) in [6.07, 6.45) is 2.29. The molecule has 0 aliphatic rings. The highest BCUT2D eigenvalue weighted by molar-refractivity contribution is 9.10. The topological polar surface area (TPSA) is 88.3 Å². The van der Waals surface area contributed by atoms with Crippen molar-refractivity contribution in [3.8, 4) is 0 Å². The first-order valence-corrected chi connectivity index (χ1v) is 14.2. The molecule has 0 saturated heterocycles. The smallest absolute Gasteiger partial charge is 0.244 e. The molecule has 0 fully saturated rings. The van der Waals surface area contributed by atoms with E-state index in [-0.39, 0.29) is 5.75 Å². The molecule has 0 amide bonds. The first-order valence-electron chi connectivity index (χ1n) is 11.7. The largest absolute Gasteiger partial charge is 0.338 e. The highest BCUT2D eigenvalue weighted by Crippen LogP contribution is 2.21. The zero-order chi connectivity index (χ0) is 24.4. The summed E-state index contributed by atoms with van der Waals surface area (Å²) in [6.45, 7) is 6.73. The van der Waals surface area contributed by atoms with Crippen molar-refractivity contribution in [2.45, 2.75) is 45.6 Å². The highest BCUT2D eigenvalue weighted by atomic mass is 79.9. The third-order valence-electron chi connectivity index (χ3n) is 5.70. The number of sulfonamides is 1. The van der Waals surface area contributed by atoms with E-state index in [4.69, 9.17) is 4.52 Å². The van der Waals surface area contributed by atoms with Crippen molar-refractivity contribution in [2.75, 3.05) is 25.4 Å². The number of aryl methyl sites for hydroxylation is 1. The summed E-state index contributed by atoms with van der Waals surface area (Å²) in [5.41, 5.74) is 2.17. The molecule has 0 spiro atoms. The van der Waals surface area contributed by atoms with Crippen molar-refractivity contribution in [1.29, 1.82) is 0 Å². The van der Waals surface area contributed by atoms with Crippen LogP contribution in [0.3, 0.4) is 0 Å². The van der Waals surface area contributed by atoms with Gasteiger partial charge in [0, 0.05) is 10.9 Å². The van der Waals surface area contributed by atoms with E-state index in [0.717, 1.165) is 35.2 Å². The molecule has 0 aliphatic heterocycles. The van der Waals surface area contributed by atoms with Gasteiger partial charge in [-0.25, -0.2) is 13.1 Å². The minimum absolute atomic E-state index is 0.0599. The maximum absolute atomic E-state index is 12.9. The second-order valence-electron chi connectivity index (χ2n) is 8.25. The molecule has 1 N–H and O–H groups in total. The van der Waals surface area contributed by atoms with Gasteiger partial charge >= 0.3 is 0 Å². The van der Waals surface area contributed by atoms with Gasteiger partial charge in [0.15, 0.2) is 5.82 Å². The summed E-state index contributed by atoms with van der Waals surface area (Å²) in [6, 6.07) is 17.3. The Hall–Kier alpha value is -2.07. The first-order chi connectivity index (χ1) is 16.4. The number of nitrogens with one attached hydrogen (secondary N) is 1. The molecular formula is C25H33BrN4O3S. The molecule has 3 rings (SSSR count). The van der Waals surface area contributed by atoms with Crippen molar-refractivity contribution in [1.82, 2.24) is 19.8 Å². The van der Waals surface area contributed by atoms with E-state index in [9.17, 15) is 8.42 Å². The molecule has 184 valence electrons. The Labute approximate surface area is 211 Å². The summed E-state index contributed by atoms with van der Waals surface area (Å²) in [5.74, 6) is 0.886. The second-order valence-corrected chi connectivity index (χ2v) is 11.0. The Kier molecular flexibility index (Phi) is 10.2. The van der Waals surface area contributed by atoms with Gasteiger partial charge in [0.2, 0.25) is 15.9 Å². The molecule has 9 heteroatoms. The summed E-state index contributed by atoms with van der Waals surface area (Å²) in [5, 5.41) is 4.11. The summed E-state index contributed by atoms with van der Waals surface area (Å²) in [7, 11) is -3.51. The van der Waals surface area contributed by atoms with E-state index in [1.54, 1.807) is 0 Å². The van der Waals surface area contributed by atoms with Gasteiger partial charge in [0.1, 0.15) is 6.04 Å². The minimum atomic E-state index is -3.51. The van der Waals surface area contributed by atoms with Crippen LogP contribution in [-0.4, -0.2) is 48.8 Å². The Morgan fingerprint density at radius 2 is 1.79 bits per heavy atom. The number of benzene rings is 2. The predicted molar refractivity (Wildman–Crippen MR) is 138 cm³/mol. The molecule has 34 heavy (non-hydrogen) atoms. The van der Waals surface area contributed by atoms with Gasteiger partial charge in [-0.2, -0.15) is 4.98 Å². The van der Waals surface area contributed by atoms with Crippen molar-refractivity contribution < 1.29 is 12.9 Å². The van der Waals surface area contributed by atoms with Crippen molar-refractivity contribution in [3.05, 3.63) is 81.9 Å². The SMILES string of the molecule is CCN(CC)CCCS(=O)(=O)N[C@H](CCc1ccccc1)c1nc(Cc2cccc(Br)c2)no1. The third kappa shape index (κ3) is 8.61. The lowest BCUT2D eigenvalue weighted by molar-refractivity contribution is 0.304. The molecule has 0 radical (unpaired) electrons. The van der Waals surface area contributed by atoms with Gasteiger partial charge in [0.25, 0.3) is 0 Å². The number of aromatic nitrogens is 2. The number of rotatable bonds is 14. The van der Waals surface area contributed by atoms with Crippen LogP contribution in [0.5, 0.6) is 0 Å². The van der Waals surface area contributed by atoms with Crippen LogP contribution in [0.2, 0.25) is 0 Å². The van der Waals surface area contributed by atoms with Crippen LogP contribution < -0.4 is 4.72 Å². The van der Waals surface area contributed by atoms with Gasteiger partial charge in [-0.05, 0) is 62.2 Å². The monoisotopic (exact) mass is 548 g/mol. The van der Waals surface area contributed by atoms with Gasteiger partial charge < -0.3 is 9.42 Å². The van der Waals surface area contributed by atoms with E-state index in [0.29, 0.717) is 37.4 Å². The lowest BCUT2D eigenvalue weighted by Crippen LogP contribution is -2.33. The zero-order valence-corrected chi connectivity index (χ0v) is 22.2. The molecule has 7 nitrogen and oxygen atoms in total. The van der Waals surface area contributed by atoms with Gasteiger partial charge in [-0.3, -0.25) is 0 Å². The summed E-state index contributed by atoms with van der Waals surface area (Å²) >= 11 is 3.47. The average Bonchev–Trinajstić information content (AvgIpc) is 3.28. The Bertz CT molecular complexity index is 1120. The molecule has 0 aliphatic carbocycles. The molecule has 1 aromatic heterocycles. The van der Waals surface area contributed by atoms with Crippen molar-refractivity contribution >= 4 is 26.0 Å². The summed E-state index contributed by atoms with van der Waals surface area (Å²) in [4.78, 5) is 6.76. The number of hydrogen-bond acceptors (Lipinski definition) is 6. The van der Waals surface area contributed by atoms with Crippen LogP contribution >= 0.6 is 15.9 Å².